The fourth-order valence-electron chi connectivity index (χ4n) is 3.70. The van der Waals surface area contributed by atoms with E-state index in [0.29, 0.717) is 18.0 Å². The Morgan fingerprint density at radius 2 is 1.73 bits per heavy atom. The molecule has 0 saturated carbocycles. The second-order valence-corrected chi connectivity index (χ2v) is 9.52. The van der Waals surface area contributed by atoms with Gasteiger partial charge in [-0.25, -0.2) is 8.42 Å². The lowest BCUT2D eigenvalue weighted by Crippen LogP contribution is -2.51. The summed E-state index contributed by atoms with van der Waals surface area (Å²) in [6.07, 6.45) is -0.997. The molecule has 1 aliphatic heterocycles. The molecule has 0 spiro atoms. The molecule has 2 atom stereocenters. The van der Waals surface area contributed by atoms with Crippen LogP contribution in [0.5, 0.6) is 11.5 Å². The molecule has 0 saturated heterocycles. The predicted octanol–water partition coefficient (Wildman–Crippen LogP) is 3.92. The lowest BCUT2D eigenvalue weighted by Gasteiger charge is -2.35. The number of hydrogen-bond acceptors (Lipinski definition) is 5. The van der Waals surface area contributed by atoms with Crippen molar-refractivity contribution in [2.24, 2.45) is 0 Å². The van der Waals surface area contributed by atoms with E-state index in [9.17, 15) is 13.2 Å². The lowest BCUT2D eigenvalue weighted by atomic mass is 10.1. The molecule has 4 rings (SSSR count). The maximum absolute atomic E-state index is 13.4. The van der Waals surface area contributed by atoms with Crippen molar-refractivity contribution < 1.29 is 22.7 Å². The Bertz CT molecular complexity index is 1210. The number of nitrogens with one attached hydrogen (secondary N) is 1. The highest BCUT2D eigenvalue weighted by atomic mass is 32.2. The Labute approximate surface area is 194 Å². The molecule has 3 aromatic rings. The molecule has 1 aliphatic rings. The van der Waals surface area contributed by atoms with Crippen LogP contribution in [-0.2, 0) is 14.8 Å². The SMILES string of the molecule is CCOc1ccc([C@@H](C)NC(=O)[C@@H]2CN(S(=O)(=O)c3ccccc3)c3ccccc3O2)cc1. The smallest absolute Gasteiger partial charge is 0.264 e. The van der Waals surface area contributed by atoms with Gasteiger partial charge in [0.25, 0.3) is 15.9 Å². The summed E-state index contributed by atoms with van der Waals surface area (Å²) in [5, 5.41) is 2.93. The Morgan fingerprint density at radius 3 is 2.42 bits per heavy atom. The minimum atomic E-state index is -3.87. The van der Waals surface area contributed by atoms with E-state index in [1.807, 2.05) is 38.1 Å². The van der Waals surface area contributed by atoms with Crippen LogP contribution < -0.4 is 19.1 Å². The third-order valence-corrected chi connectivity index (χ3v) is 7.20. The molecule has 0 bridgehead atoms. The van der Waals surface area contributed by atoms with Crippen LogP contribution in [0.3, 0.4) is 0 Å². The van der Waals surface area contributed by atoms with Gasteiger partial charge in [-0.05, 0) is 55.8 Å². The number of carbonyl (C=O) groups excluding carboxylic acids is 1. The van der Waals surface area contributed by atoms with Crippen LogP contribution in [0.15, 0.2) is 83.8 Å². The number of nitrogens with zero attached hydrogens (tertiary/aromatic N) is 1. The Hall–Kier alpha value is -3.52. The number of para-hydroxylation sites is 2. The number of sulfonamides is 1. The molecule has 1 N–H and O–H groups in total. The monoisotopic (exact) mass is 466 g/mol. The molecular weight excluding hydrogens is 440 g/mol. The van der Waals surface area contributed by atoms with E-state index in [1.54, 1.807) is 42.5 Å². The van der Waals surface area contributed by atoms with Gasteiger partial charge in [-0.15, -0.1) is 0 Å². The van der Waals surface area contributed by atoms with E-state index in [1.165, 1.54) is 16.4 Å². The van der Waals surface area contributed by atoms with Crippen LogP contribution in [0.4, 0.5) is 5.69 Å². The van der Waals surface area contributed by atoms with Gasteiger partial charge in [0.1, 0.15) is 11.5 Å². The lowest BCUT2D eigenvalue weighted by molar-refractivity contribution is -0.128. The second-order valence-electron chi connectivity index (χ2n) is 7.66. The zero-order chi connectivity index (χ0) is 23.4. The van der Waals surface area contributed by atoms with Gasteiger partial charge in [-0.2, -0.15) is 0 Å². The number of benzene rings is 3. The highest BCUT2D eigenvalue weighted by Crippen LogP contribution is 2.36. The van der Waals surface area contributed by atoms with Crippen LogP contribution in [0, 0.1) is 0 Å². The highest BCUT2D eigenvalue weighted by Gasteiger charge is 2.37. The van der Waals surface area contributed by atoms with Gasteiger partial charge < -0.3 is 14.8 Å². The molecule has 1 amide bonds. The van der Waals surface area contributed by atoms with Gasteiger partial charge in [-0.3, -0.25) is 9.10 Å². The topological polar surface area (TPSA) is 84.9 Å². The molecule has 1 heterocycles. The van der Waals surface area contributed by atoms with E-state index in [2.05, 4.69) is 5.32 Å². The summed E-state index contributed by atoms with van der Waals surface area (Å²) in [5.41, 5.74) is 1.31. The average molecular weight is 467 g/mol. The van der Waals surface area contributed by atoms with Crippen LogP contribution in [0.2, 0.25) is 0 Å². The molecule has 8 heteroatoms. The van der Waals surface area contributed by atoms with Gasteiger partial charge in [0.05, 0.1) is 29.8 Å². The zero-order valence-corrected chi connectivity index (χ0v) is 19.3. The average Bonchev–Trinajstić information content (AvgIpc) is 2.84. The summed E-state index contributed by atoms with van der Waals surface area (Å²) < 4.78 is 39.4. The fourth-order valence-corrected chi connectivity index (χ4v) is 5.19. The summed E-state index contributed by atoms with van der Waals surface area (Å²) in [6.45, 7) is 4.23. The molecule has 0 radical (unpaired) electrons. The Balaban J connectivity index is 1.55. The molecule has 33 heavy (non-hydrogen) atoms. The summed E-state index contributed by atoms with van der Waals surface area (Å²) in [7, 11) is -3.87. The van der Waals surface area contributed by atoms with Crippen molar-refractivity contribution in [1.29, 1.82) is 0 Å². The number of anilines is 1. The van der Waals surface area contributed by atoms with Crippen molar-refractivity contribution in [1.82, 2.24) is 5.32 Å². The maximum Gasteiger partial charge on any atom is 0.264 e. The van der Waals surface area contributed by atoms with E-state index in [4.69, 9.17) is 9.47 Å². The minimum absolute atomic E-state index is 0.129. The summed E-state index contributed by atoms with van der Waals surface area (Å²) in [6, 6.07) is 22.2. The van der Waals surface area contributed by atoms with Gasteiger partial charge in [0, 0.05) is 0 Å². The van der Waals surface area contributed by atoms with Gasteiger partial charge in [0.2, 0.25) is 0 Å². The number of rotatable bonds is 7. The van der Waals surface area contributed by atoms with Crippen molar-refractivity contribution in [2.45, 2.75) is 30.9 Å². The number of hydrogen-bond donors (Lipinski definition) is 1. The van der Waals surface area contributed by atoms with Crippen molar-refractivity contribution in [3.63, 3.8) is 0 Å². The largest absolute Gasteiger partial charge is 0.494 e. The van der Waals surface area contributed by atoms with E-state index < -0.39 is 16.1 Å². The first-order valence-electron chi connectivity index (χ1n) is 10.8. The standard InChI is InChI=1S/C25H26N2O5S/c1-3-31-20-15-13-19(14-16-20)18(2)26-25(28)24-17-27(22-11-7-8-12-23(22)32-24)33(29,30)21-9-5-4-6-10-21/h4-16,18,24H,3,17H2,1-2H3,(H,26,28)/t18-,24+/m1/s1. The van der Waals surface area contributed by atoms with Crippen LogP contribution in [0.25, 0.3) is 0 Å². The van der Waals surface area contributed by atoms with Crippen LogP contribution >= 0.6 is 0 Å². The van der Waals surface area contributed by atoms with E-state index >= 15 is 0 Å². The van der Waals surface area contributed by atoms with E-state index in [0.717, 1.165) is 11.3 Å². The van der Waals surface area contributed by atoms with Crippen molar-refractivity contribution in [3.05, 3.63) is 84.4 Å². The molecule has 0 fully saturated rings. The van der Waals surface area contributed by atoms with Crippen LogP contribution in [-0.4, -0.2) is 33.6 Å². The van der Waals surface area contributed by atoms with Crippen molar-refractivity contribution in [2.75, 3.05) is 17.5 Å². The molecule has 7 nitrogen and oxygen atoms in total. The quantitative estimate of drug-likeness (QED) is 0.571. The molecule has 0 unspecified atom stereocenters. The molecular formula is C25H26N2O5S. The third-order valence-electron chi connectivity index (χ3n) is 5.41. The van der Waals surface area contributed by atoms with Crippen LogP contribution in [0.1, 0.15) is 25.5 Å². The van der Waals surface area contributed by atoms with Crippen molar-refractivity contribution in [3.8, 4) is 11.5 Å². The first-order chi connectivity index (χ1) is 15.9. The number of amides is 1. The highest BCUT2D eigenvalue weighted by molar-refractivity contribution is 7.92. The summed E-state index contributed by atoms with van der Waals surface area (Å²) in [5.74, 6) is 0.713. The fraction of sp³-hybridized carbons (Fsp3) is 0.240. The molecule has 0 aliphatic carbocycles. The molecule has 172 valence electrons. The second kappa shape index (κ2) is 9.54. The number of ether oxygens (including phenoxy) is 2. The molecule has 0 aromatic heterocycles. The van der Waals surface area contributed by atoms with Gasteiger partial charge in [0.15, 0.2) is 6.10 Å². The summed E-state index contributed by atoms with van der Waals surface area (Å²) >= 11 is 0. The Morgan fingerprint density at radius 1 is 1.06 bits per heavy atom. The van der Waals surface area contributed by atoms with Gasteiger partial charge in [-0.1, -0.05) is 42.5 Å². The predicted molar refractivity (Wildman–Crippen MR) is 126 cm³/mol. The molecule has 3 aromatic carbocycles. The first kappa shape index (κ1) is 22.7. The Kier molecular flexibility index (Phi) is 6.55. The zero-order valence-electron chi connectivity index (χ0n) is 18.5. The number of carbonyl (C=O) groups is 1. The minimum Gasteiger partial charge on any atom is -0.494 e. The normalized spacial score (nSPS) is 16.3. The van der Waals surface area contributed by atoms with Crippen molar-refractivity contribution >= 4 is 21.6 Å². The van der Waals surface area contributed by atoms with Gasteiger partial charge >= 0.3 is 0 Å². The first-order valence-corrected chi connectivity index (χ1v) is 12.2. The summed E-state index contributed by atoms with van der Waals surface area (Å²) in [4.78, 5) is 13.2. The third kappa shape index (κ3) is 4.80. The number of fused-ring (bicyclic) bond motifs is 1. The van der Waals surface area contributed by atoms with E-state index in [-0.39, 0.29) is 23.4 Å². The maximum atomic E-state index is 13.4.